The molecule has 0 aliphatic rings. The van der Waals surface area contributed by atoms with E-state index < -0.39 is 0 Å². The molecule has 19 heavy (non-hydrogen) atoms. The molecule has 0 amide bonds. The lowest BCUT2D eigenvalue weighted by molar-refractivity contribution is 0.0660. The summed E-state index contributed by atoms with van der Waals surface area (Å²) in [6.45, 7) is 5.10. The van der Waals surface area contributed by atoms with Gasteiger partial charge in [-0.1, -0.05) is 6.92 Å². The first-order valence-corrected chi connectivity index (χ1v) is 6.92. The number of methoxy groups -OCH3 is 1. The van der Waals surface area contributed by atoms with Crippen LogP contribution >= 0.6 is 0 Å². The first-order valence-electron chi connectivity index (χ1n) is 6.92. The van der Waals surface area contributed by atoms with Crippen molar-refractivity contribution in [2.75, 3.05) is 34.0 Å². The molecule has 110 valence electrons. The molecule has 0 aromatic carbocycles. The number of hydrogen-bond donors (Lipinski definition) is 1. The minimum absolute atomic E-state index is 0.363. The summed E-state index contributed by atoms with van der Waals surface area (Å²) >= 11 is 0. The maximum atomic E-state index is 5.50. The van der Waals surface area contributed by atoms with E-state index >= 15 is 0 Å². The van der Waals surface area contributed by atoms with Crippen molar-refractivity contribution in [3.05, 3.63) is 12.2 Å². The number of nitrogens with one attached hydrogen (secondary N) is 1. The molecule has 1 N–H and O–H groups in total. The third kappa shape index (κ3) is 6.13. The van der Waals surface area contributed by atoms with E-state index in [1.165, 1.54) is 0 Å². The third-order valence-corrected chi connectivity index (χ3v) is 3.01. The third-order valence-electron chi connectivity index (χ3n) is 3.01. The minimum Gasteiger partial charge on any atom is -0.382 e. The molecule has 0 aliphatic heterocycles. The summed E-state index contributed by atoms with van der Waals surface area (Å²) in [7, 11) is 3.65. The molecule has 1 atom stereocenters. The van der Waals surface area contributed by atoms with Gasteiger partial charge in [-0.2, -0.15) is 5.10 Å². The van der Waals surface area contributed by atoms with Crippen LogP contribution in [0, 0.1) is 0 Å². The average molecular weight is 270 g/mol. The summed E-state index contributed by atoms with van der Waals surface area (Å²) in [5, 5.41) is 7.55. The standard InChI is InChI=1S/C13H26N4O2/c1-4-6-17-13(15-11-16-17)10-12(14-2)5-7-19-9-8-18-3/h11-12,14H,4-10H2,1-3H3. The highest BCUT2D eigenvalue weighted by Gasteiger charge is 2.12. The smallest absolute Gasteiger partial charge is 0.138 e. The zero-order chi connectivity index (χ0) is 13.9. The van der Waals surface area contributed by atoms with Crippen LogP contribution in [-0.2, 0) is 22.4 Å². The van der Waals surface area contributed by atoms with Crippen LogP contribution in [0.2, 0.25) is 0 Å². The van der Waals surface area contributed by atoms with Gasteiger partial charge in [-0.3, -0.25) is 4.68 Å². The molecular weight excluding hydrogens is 244 g/mol. The number of aryl methyl sites for hydroxylation is 1. The molecule has 0 fully saturated rings. The Morgan fingerprint density at radius 2 is 2.21 bits per heavy atom. The van der Waals surface area contributed by atoms with E-state index in [1.54, 1.807) is 13.4 Å². The van der Waals surface area contributed by atoms with E-state index in [-0.39, 0.29) is 0 Å². The van der Waals surface area contributed by atoms with Crippen LogP contribution < -0.4 is 5.32 Å². The quantitative estimate of drug-likeness (QED) is 0.605. The van der Waals surface area contributed by atoms with Crippen LogP contribution in [0.1, 0.15) is 25.6 Å². The first kappa shape index (κ1) is 16.1. The highest BCUT2D eigenvalue weighted by molar-refractivity contribution is 4.89. The molecule has 0 bridgehead atoms. The van der Waals surface area contributed by atoms with E-state index in [0.29, 0.717) is 19.3 Å². The van der Waals surface area contributed by atoms with Crippen molar-refractivity contribution < 1.29 is 9.47 Å². The Kier molecular flexibility index (Phi) is 8.36. The van der Waals surface area contributed by atoms with Crippen LogP contribution in [0.25, 0.3) is 0 Å². The number of aromatic nitrogens is 3. The van der Waals surface area contributed by atoms with Gasteiger partial charge in [0.1, 0.15) is 12.2 Å². The molecule has 0 aliphatic carbocycles. The van der Waals surface area contributed by atoms with Gasteiger partial charge in [0.15, 0.2) is 0 Å². The van der Waals surface area contributed by atoms with Crippen molar-refractivity contribution in [3.8, 4) is 0 Å². The molecule has 6 nitrogen and oxygen atoms in total. The van der Waals surface area contributed by atoms with Gasteiger partial charge >= 0.3 is 0 Å². The molecule has 0 saturated heterocycles. The maximum Gasteiger partial charge on any atom is 0.138 e. The molecule has 1 rings (SSSR count). The largest absolute Gasteiger partial charge is 0.382 e. The fraction of sp³-hybridized carbons (Fsp3) is 0.846. The lowest BCUT2D eigenvalue weighted by Crippen LogP contribution is -2.30. The fourth-order valence-electron chi connectivity index (χ4n) is 1.88. The van der Waals surface area contributed by atoms with E-state index in [9.17, 15) is 0 Å². The van der Waals surface area contributed by atoms with Crippen molar-refractivity contribution in [2.24, 2.45) is 0 Å². The van der Waals surface area contributed by atoms with Crippen molar-refractivity contribution in [1.29, 1.82) is 0 Å². The van der Waals surface area contributed by atoms with Crippen LogP contribution in [0.3, 0.4) is 0 Å². The highest BCUT2D eigenvalue weighted by Crippen LogP contribution is 2.04. The van der Waals surface area contributed by atoms with E-state index in [2.05, 4.69) is 22.3 Å². The van der Waals surface area contributed by atoms with E-state index in [4.69, 9.17) is 9.47 Å². The monoisotopic (exact) mass is 270 g/mol. The van der Waals surface area contributed by atoms with Crippen molar-refractivity contribution in [3.63, 3.8) is 0 Å². The number of hydrogen-bond acceptors (Lipinski definition) is 5. The van der Waals surface area contributed by atoms with Gasteiger partial charge in [-0.05, 0) is 19.9 Å². The summed E-state index contributed by atoms with van der Waals surface area (Å²) in [4.78, 5) is 4.33. The Labute approximate surface area is 115 Å². The Morgan fingerprint density at radius 1 is 1.37 bits per heavy atom. The molecule has 1 unspecified atom stereocenters. The zero-order valence-electron chi connectivity index (χ0n) is 12.3. The summed E-state index contributed by atoms with van der Waals surface area (Å²) in [5.41, 5.74) is 0. The molecule has 0 radical (unpaired) electrons. The maximum absolute atomic E-state index is 5.50. The predicted molar refractivity (Wildman–Crippen MR) is 74.2 cm³/mol. The van der Waals surface area contributed by atoms with Gasteiger partial charge < -0.3 is 14.8 Å². The van der Waals surface area contributed by atoms with E-state index in [0.717, 1.165) is 38.2 Å². The van der Waals surface area contributed by atoms with Crippen LogP contribution in [0.15, 0.2) is 6.33 Å². The minimum atomic E-state index is 0.363. The summed E-state index contributed by atoms with van der Waals surface area (Å²) in [6.07, 6.45) is 4.54. The normalized spacial score (nSPS) is 12.8. The number of likely N-dealkylation sites (N-methyl/N-ethyl adjacent to an activating group) is 1. The van der Waals surface area contributed by atoms with Gasteiger partial charge in [-0.15, -0.1) is 0 Å². The van der Waals surface area contributed by atoms with Crippen molar-refractivity contribution >= 4 is 0 Å². The first-order chi connectivity index (χ1) is 9.31. The molecule has 1 aromatic rings. The second-order valence-corrected chi connectivity index (χ2v) is 4.48. The highest BCUT2D eigenvalue weighted by atomic mass is 16.5. The molecule has 0 spiro atoms. The van der Waals surface area contributed by atoms with Crippen molar-refractivity contribution in [1.82, 2.24) is 20.1 Å². The second-order valence-electron chi connectivity index (χ2n) is 4.48. The summed E-state index contributed by atoms with van der Waals surface area (Å²) in [6, 6.07) is 0.363. The molecule has 6 heteroatoms. The lowest BCUT2D eigenvalue weighted by atomic mass is 10.1. The second kappa shape index (κ2) is 9.89. The Morgan fingerprint density at radius 3 is 2.89 bits per heavy atom. The lowest BCUT2D eigenvalue weighted by Gasteiger charge is -2.16. The number of ether oxygens (including phenoxy) is 2. The van der Waals surface area contributed by atoms with Gasteiger partial charge in [-0.25, -0.2) is 4.98 Å². The van der Waals surface area contributed by atoms with Gasteiger partial charge in [0.25, 0.3) is 0 Å². The Balaban J connectivity index is 2.32. The number of rotatable bonds is 11. The SMILES string of the molecule is CCCn1ncnc1CC(CCOCCOC)NC. The van der Waals surface area contributed by atoms with Gasteiger partial charge in [0.2, 0.25) is 0 Å². The summed E-state index contributed by atoms with van der Waals surface area (Å²) in [5.74, 6) is 1.04. The topological polar surface area (TPSA) is 61.2 Å². The van der Waals surface area contributed by atoms with E-state index in [1.807, 2.05) is 11.7 Å². The molecule has 0 saturated carbocycles. The summed E-state index contributed by atoms with van der Waals surface area (Å²) < 4.78 is 12.4. The van der Waals surface area contributed by atoms with Gasteiger partial charge in [0.05, 0.1) is 13.2 Å². The molecular formula is C13H26N4O2. The molecule has 1 aromatic heterocycles. The van der Waals surface area contributed by atoms with Crippen LogP contribution in [-0.4, -0.2) is 54.8 Å². The van der Waals surface area contributed by atoms with Crippen molar-refractivity contribution in [2.45, 2.75) is 38.8 Å². The Hall–Kier alpha value is -0.980. The van der Waals surface area contributed by atoms with Crippen LogP contribution in [0.4, 0.5) is 0 Å². The Bertz CT molecular complexity index is 330. The zero-order valence-corrected chi connectivity index (χ0v) is 12.3. The van der Waals surface area contributed by atoms with Gasteiger partial charge in [0, 0.05) is 32.7 Å². The number of nitrogens with zero attached hydrogens (tertiary/aromatic N) is 3. The predicted octanol–water partition coefficient (Wildman–Crippen LogP) is 0.872. The molecule has 1 heterocycles. The fourth-order valence-corrected chi connectivity index (χ4v) is 1.88. The van der Waals surface area contributed by atoms with Crippen LogP contribution in [0.5, 0.6) is 0 Å². The average Bonchev–Trinajstić information content (AvgIpc) is 2.85.